The number of unbranched alkanes of at least 4 members (excludes halogenated alkanes) is 1. The van der Waals surface area contributed by atoms with Crippen LogP contribution in [0.2, 0.25) is 0 Å². The van der Waals surface area contributed by atoms with E-state index in [1.54, 1.807) is 0 Å². The first-order chi connectivity index (χ1) is 15.6. The van der Waals surface area contributed by atoms with Crippen molar-refractivity contribution in [2.75, 3.05) is 44.8 Å². The molecular weight excluding hydrogens is 458 g/mol. The van der Waals surface area contributed by atoms with Crippen LogP contribution >= 0.6 is 14.7 Å². The van der Waals surface area contributed by atoms with Crippen molar-refractivity contribution in [3.8, 4) is 0 Å². The molecule has 2 fully saturated rings. The largest absolute Gasteiger partial charge is 0.371 e. The standard InChI is InChI=1S/C25H50O6P2/c1-5-30-32(26,19-23-13-7-6-8-14-23)21-28-17-11-12-18-31-33(27,22-29-25(2,3)4)20-24-15-9-10-16-24/h23-24H,5-22H2,1-4H3. The van der Waals surface area contributed by atoms with Gasteiger partial charge in [0.25, 0.3) is 0 Å². The molecule has 2 atom stereocenters. The van der Waals surface area contributed by atoms with Crippen LogP contribution in [0, 0.1) is 11.8 Å². The van der Waals surface area contributed by atoms with Gasteiger partial charge < -0.3 is 18.5 Å². The van der Waals surface area contributed by atoms with Gasteiger partial charge in [0.2, 0.25) is 14.7 Å². The third-order valence-electron chi connectivity index (χ3n) is 6.63. The summed E-state index contributed by atoms with van der Waals surface area (Å²) in [5.74, 6) is 1.01. The molecule has 0 radical (unpaired) electrons. The van der Waals surface area contributed by atoms with Gasteiger partial charge in [-0.15, -0.1) is 0 Å². The molecule has 2 unspecified atom stereocenters. The molecule has 0 spiro atoms. The summed E-state index contributed by atoms with van der Waals surface area (Å²) in [6, 6.07) is 0. The molecule has 0 amide bonds. The van der Waals surface area contributed by atoms with Crippen LogP contribution in [0.1, 0.15) is 98.3 Å². The molecule has 0 saturated heterocycles. The van der Waals surface area contributed by atoms with Crippen LogP contribution in [0.15, 0.2) is 0 Å². The number of ether oxygens (including phenoxy) is 2. The predicted octanol–water partition coefficient (Wildman–Crippen LogP) is 7.89. The minimum atomic E-state index is -2.80. The molecule has 196 valence electrons. The Kier molecular flexibility index (Phi) is 13.2. The molecule has 8 heteroatoms. The van der Waals surface area contributed by atoms with Crippen LogP contribution in [-0.4, -0.2) is 50.4 Å². The summed E-state index contributed by atoms with van der Waals surface area (Å²) in [4.78, 5) is 0. The van der Waals surface area contributed by atoms with Gasteiger partial charge >= 0.3 is 0 Å². The van der Waals surface area contributed by atoms with Gasteiger partial charge in [-0.1, -0.05) is 32.1 Å². The van der Waals surface area contributed by atoms with E-state index >= 15 is 0 Å². The fourth-order valence-corrected chi connectivity index (χ4v) is 9.70. The monoisotopic (exact) mass is 508 g/mol. The quantitative estimate of drug-likeness (QED) is 0.156. The van der Waals surface area contributed by atoms with Crippen LogP contribution < -0.4 is 0 Å². The Morgan fingerprint density at radius 1 is 0.727 bits per heavy atom. The summed E-state index contributed by atoms with van der Waals surface area (Å²) in [6.45, 7) is 9.30. The lowest BCUT2D eigenvalue weighted by molar-refractivity contribution is 0.0194. The molecule has 2 aliphatic carbocycles. The van der Waals surface area contributed by atoms with Crippen molar-refractivity contribution in [3.05, 3.63) is 0 Å². The number of hydrogen-bond acceptors (Lipinski definition) is 6. The summed E-state index contributed by atoms with van der Waals surface area (Å²) in [6.07, 6.45) is 14.1. The summed E-state index contributed by atoms with van der Waals surface area (Å²) in [7, 11) is -5.53. The van der Waals surface area contributed by atoms with E-state index in [-0.39, 0.29) is 18.3 Å². The first kappa shape index (κ1) is 29.5. The lowest BCUT2D eigenvalue weighted by Crippen LogP contribution is -2.21. The smallest absolute Gasteiger partial charge is 0.228 e. The fraction of sp³-hybridized carbons (Fsp3) is 1.00. The molecule has 0 aromatic rings. The van der Waals surface area contributed by atoms with Crippen molar-refractivity contribution in [3.63, 3.8) is 0 Å². The van der Waals surface area contributed by atoms with Gasteiger partial charge in [-0.05, 0) is 78.1 Å². The first-order valence-corrected chi connectivity index (χ1v) is 17.3. The van der Waals surface area contributed by atoms with Gasteiger partial charge in [-0.3, -0.25) is 9.13 Å². The van der Waals surface area contributed by atoms with E-state index in [1.165, 1.54) is 32.1 Å². The van der Waals surface area contributed by atoms with Crippen molar-refractivity contribution in [2.24, 2.45) is 11.8 Å². The molecule has 2 rings (SSSR count). The highest BCUT2D eigenvalue weighted by molar-refractivity contribution is 7.59. The Balaban J connectivity index is 1.69. The summed E-state index contributed by atoms with van der Waals surface area (Å²) in [5, 5.41) is 0. The Morgan fingerprint density at radius 2 is 1.24 bits per heavy atom. The Labute approximate surface area is 203 Å². The first-order valence-electron chi connectivity index (χ1n) is 13.3. The van der Waals surface area contributed by atoms with Gasteiger partial charge in [0.15, 0.2) is 0 Å². The van der Waals surface area contributed by atoms with Crippen molar-refractivity contribution in [1.82, 2.24) is 0 Å². The van der Waals surface area contributed by atoms with Crippen LogP contribution in [0.5, 0.6) is 0 Å². The van der Waals surface area contributed by atoms with E-state index in [0.29, 0.717) is 44.0 Å². The summed E-state index contributed by atoms with van der Waals surface area (Å²) < 4.78 is 50.0. The van der Waals surface area contributed by atoms with E-state index in [2.05, 4.69) is 0 Å². The molecule has 33 heavy (non-hydrogen) atoms. The average molecular weight is 509 g/mol. The van der Waals surface area contributed by atoms with Crippen LogP contribution in [-0.2, 0) is 27.7 Å². The van der Waals surface area contributed by atoms with E-state index in [1.807, 2.05) is 27.7 Å². The minimum absolute atomic E-state index is 0.197. The third-order valence-corrected chi connectivity index (χ3v) is 11.3. The zero-order chi connectivity index (χ0) is 24.2. The molecule has 0 aromatic carbocycles. The van der Waals surface area contributed by atoms with Crippen molar-refractivity contribution >= 4 is 14.7 Å². The molecule has 0 aromatic heterocycles. The van der Waals surface area contributed by atoms with E-state index in [0.717, 1.165) is 38.5 Å². The zero-order valence-electron chi connectivity index (χ0n) is 21.7. The minimum Gasteiger partial charge on any atom is -0.371 e. The molecule has 0 N–H and O–H groups in total. The molecule has 0 bridgehead atoms. The maximum atomic E-state index is 13.5. The average Bonchev–Trinajstić information content (AvgIpc) is 3.25. The van der Waals surface area contributed by atoms with E-state index in [9.17, 15) is 9.13 Å². The lowest BCUT2D eigenvalue weighted by Gasteiger charge is -2.27. The second-order valence-corrected chi connectivity index (χ2v) is 16.1. The van der Waals surface area contributed by atoms with Gasteiger partial charge in [0.05, 0.1) is 18.8 Å². The highest BCUT2D eigenvalue weighted by Crippen LogP contribution is 2.52. The molecule has 0 heterocycles. The third kappa shape index (κ3) is 12.7. The maximum absolute atomic E-state index is 13.5. The highest BCUT2D eigenvalue weighted by Gasteiger charge is 2.32. The molecule has 2 saturated carbocycles. The van der Waals surface area contributed by atoms with Crippen LogP contribution in [0.3, 0.4) is 0 Å². The van der Waals surface area contributed by atoms with Gasteiger partial charge in [0.1, 0.15) is 12.7 Å². The molecule has 2 aliphatic rings. The Bertz CT molecular complexity index is 621. The predicted molar refractivity (Wildman–Crippen MR) is 137 cm³/mol. The van der Waals surface area contributed by atoms with Gasteiger partial charge in [0, 0.05) is 18.9 Å². The van der Waals surface area contributed by atoms with E-state index < -0.39 is 14.7 Å². The van der Waals surface area contributed by atoms with Crippen molar-refractivity contribution < 1.29 is 27.7 Å². The van der Waals surface area contributed by atoms with Crippen LogP contribution in [0.4, 0.5) is 0 Å². The molecule has 6 nitrogen and oxygen atoms in total. The molecule has 0 aliphatic heterocycles. The van der Waals surface area contributed by atoms with Gasteiger partial charge in [-0.25, -0.2) is 0 Å². The Hall–Kier alpha value is 0.300. The second-order valence-electron chi connectivity index (χ2n) is 11.0. The SMILES string of the molecule is CCOP(=O)(COCCCCOP(=O)(COC(C)(C)C)CC1CCCC1)CC1CCCCC1. The van der Waals surface area contributed by atoms with Crippen molar-refractivity contribution in [2.45, 2.75) is 104 Å². The topological polar surface area (TPSA) is 71.1 Å². The van der Waals surface area contributed by atoms with Crippen molar-refractivity contribution in [1.29, 1.82) is 0 Å². The number of hydrogen-bond donors (Lipinski definition) is 0. The molecular formula is C25H50O6P2. The van der Waals surface area contributed by atoms with Crippen LogP contribution in [0.25, 0.3) is 0 Å². The highest BCUT2D eigenvalue weighted by atomic mass is 31.2. The normalized spacial score (nSPS) is 22.3. The fourth-order valence-electron chi connectivity index (χ4n) is 4.90. The maximum Gasteiger partial charge on any atom is 0.228 e. The second kappa shape index (κ2) is 14.8. The Morgan fingerprint density at radius 3 is 1.79 bits per heavy atom. The summed E-state index contributed by atoms with van der Waals surface area (Å²) in [5.41, 5.74) is -0.325. The van der Waals surface area contributed by atoms with E-state index in [4.69, 9.17) is 18.5 Å². The summed E-state index contributed by atoms with van der Waals surface area (Å²) >= 11 is 0. The zero-order valence-corrected chi connectivity index (χ0v) is 23.5. The van der Waals surface area contributed by atoms with Gasteiger partial charge in [-0.2, -0.15) is 0 Å². The lowest BCUT2D eigenvalue weighted by atomic mass is 9.91. The number of rotatable bonds is 16.